The molecule has 4 rings (SSSR count). The second-order valence-corrected chi connectivity index (χ2v) is 9.71. The van der Waals surface area contributed by atoms with Gasteiger partial charge in [0.1, 0.15) is 5.82 Å². The number of aromatic nitrogens is 3. The first kappa shape index (κ1) is 19.3. The average molecular weight is 397 g/mol. The van der Waals surface area contributed by atoms with Gasteiger partial charge in [-0.1, -0.05) is 44.5 Å². The van der Waals surface area contributed by atoms with Crippen LogP contribution in [0.1, 0.15) is 52.9 Å². The van der Waals surface area contributed by atoms with Crippen LogP contribution in [-0.2, 0) is 0 Å². The van der Waals surface area contributed by atoms with Crippen molar-refractivity contribution in [1.82, 2.24) is 14.6 Å². The van der Waals surface area contributed by atoms with Crippen LogP contribution in [0.2, 0.25) is 5.02 Å². The van der Waals surface area contributed by atoms with E-state index < -0.39 is 0 Å². The monoisotopic (exact) mass is 396 g/mol. The summed E-state index contributed by atoms with van der Waals surface area (Å²) in [5, 5.41) is 9.18. The van der Waals surface area contributed by atoms with Crippen LogP contribution in [0.4, 0.5) is 5.82 Å². The Morgan fingerprint density at radius 1 is 1.11 bits per heavy atom. The molecule has 0 amide bonds. The van der Waals surface area contributed by atoms with Crippen LogP contribution in [0.25, 0.3) is 16.9 Å². The van der Waals surface area contributed by atoms with E-state index in [1.54, 1.807) is 0 Å². The number of anilines is 1. The van der Waals surface area contributed by atoms with Crippen molar-refractivity contribution >= 4 is 23.1 Å². The Bertz CT molecular complexity index is 949. The number of hydrogen-bond acceptors (Lipinski definition) is 3. The first-order valence-electron chi connectivity index (χ1n) is 10.2. The van der Waals surface area contributed by atoms with Crippen molar-refractivity contribution in [3.8, 4) is 11.3 Å². The largest absolute Gasteiger partial charge is 0.366 e. The molecule has 0 aliphatic heterocycles. The highest BCUT2D eigenvalue weighted by Crippen LogP contribution is 2.35. The Morgan fingerprint density at radius 2 is 1.89 bits per heavy atom. The summed E-state index contributed by atoms with van der Waals surface area (Å²) < 4.78 is 1.90. The first-order chi connectivity index (χ1) is 13.4. The van der Waals surface area contributed by atoms with Gasteiger partial charge in [-0.15, -0.1) is 5.10 Å². The molecule has 0 spiro atoms. The zero-order valence-electron chi connectivity index (χ0n) is 17.0. The molecule has 1 aliphatic carbocycles. The topological polar surface area (TPSA) is 42.2 Å². The highest BCUT2D eigenvalue weighted by Gasteiger charge is 2.25. The molecule has 0 radical (unpaired) electrons. The van der Waals surface area contributed by atoms with Crippen LogP contribution in [0.3, 0.4) is 0 Å². The highest BCUT2D eigenvalue weighted by atomic mass is 35.5. The van der Waals surface area contributed by atoms with E-state index >= 15 is 0 Å². The lowest BCUT2D eigenvalue weighted by molar-refractivity contribution is 0.232. The van der Waals surface area contributed by atoms with Crippen LogP contribution in [-0.4, -0.2) is 20.6 Å². The third-order valence-corrected chi connectivity index (χ3v) is 5.82. The number of benzene rings is 1. The van der Waals surface area contributed by atoms with Crippen LogP contribution in [0.15, 0.2) is 42.6 Å². The smallest absolute Gasteiger partial charge is 0.154 e. The van der Waals surface area contributed by atoms with Gasteiger partial charge >= 0.3 is 0 Å². The van der Waals surface area contributed by atoms with E-state index in [0.717, 1.165) is 28.6 Å². The third kappa shape index (κ3) is 4.49. The molecule has 5 heteroatoms. The normalized spacial score (nSPS) is 20.4. The standard InChI is InChI=1S/C23H29ClN4/c1-23(2,3)14-16-7-9-19(10-8-16)26-21-11-12-22-25-15-20(28(22)27-21)17-5-4-6-18(24)13-17/h4-6,11-13,15-16,19H,7-10,14H2,1-3H3,(H,26,27). The quantitative estimate of drug-likeness (QED) is 0.550. The van der Waals surface area contributed by atoms with Gasteiger partial charge in [0.2, 0.25) is 0 Å². The van der Waals surface area contributed by atoms with Gasteiger partial charge in [-0.25, -0.2) is 9.50 Å². The zero-order chi connectivity index (χ0) is 19.7. The summed E-state index contributed by atoms with van der Waals surface area (Å²) in [6.45, 7) is 7.04. The molecule has 1 aromatic carbocycles. The summed E-state index contributed by atoms with van der Waals surface area (Å²) in [6, 6.07) is 12.4. The molecule has 2 heterocycles. The summed E-state index contributed by atoms with van der Waals surface area (Å²) in [4.78, 5) is 4.49. The lowest BCUT2D eigenvalue weighted by Gasteiger charge is -2.33. The second kappa shape index (κ2) is 7.75. The van der Waals surface area contributed by atoms with Crippen molar-refractivity contribution in [2.75, 3.05) is 5.32 Å². The first-order valence-corrected chi connectivity index (χ1v) is 10.6. The number of nitrogens with one attached hydrogen (secondary N) is 1. The summed E-state index contributed by atoms with van der Waals surface area (Å²) in [7, 11) is 0. The van der Waals surface area contributed by atoms with Gasteiger partial charge in [0.25, 0.3) is 0 Å². The van der Waals surface area contributed by atoms with Gasteiger partial charge in [0, 0.05) is 16.6 Å². The highest BCUT2D eigenvalue weighted by molar-refractivity contribution is 6.30. The lowest BCUT2D eigenvalue weighted by atomic mass is 9.76. The molecule has 4 nitrogen and oxygen atoms in total. The van der Waals surface area contributed by atoms with Crippen molar-refractivity contribution in [2.24, 2.45) is 11.3 Å². The fraction of sp³-hybridized carbons (Fsp3) is 0.478. The van der Waals surface area contributed by atoms with E-state index in [1.165, 1.54) is 32.1 Å². The fourth-order valence-electron chi connectivity index (χ4n) is 4.38. The van der Waals surface area contributed by atoms with Crippen molar-refractivity contribution in [3.05, 3.63) is 47.6 Å². The van der Waals surface area contributed by atoms with E-state index in [4.69, 9.17) is 16.7 Å². The second-order valence-electron chi connectivity index (χ2n) is 9.27. The van der Waals surface area contributed by atoms with Gasteiger partial charge in [-0.3, -0.25) is 0 Å². The molecule has 0 saturated heterocycles. The third-order valence-electron chi connectivity index (χ3n) is 5.58. The Balaban J connectivity index is 1.48. The number of nitrogens with zero attached hydrogens (tertiary/aromatic N) is 3. The van der Waals surface area contributed by atoms with E-state index in [-0.39, 0.29) is 0 Å². The summed E-state index contributed by atoms with van der Waals surface area (Å²) >= 11 is 6.16. The van der Waals surface area contributed by atoms with E-state index in [0.29, 0.717) is 16.5 Å². The molecule has 1 fully saturated rings. The number of fused-ring (bicyclic) bond motifs is 1. The molecule has 1 aliphatic rings. The summed E-state index contributed by atoms with van der Waals surface area (Å²) in [6.07, 6.45) is 8.21. The Kier molecular flexibility index (Phi) is 5.33. The number of hydrogen-bond donors (Lipinski definition) is 1. The molecular weight excluding hydrogens is 368 g/mol. The van der Waals surface area contributed by atoms with E-state index in [9.17, 15) is 0 Å². The maximum Gasteiger partial charge on any atom is 0.154 e. The van der Waals surface area contributed by atoms with Crippen LogP contribution in [0, 0.1) is 11.3 Å². The van der Waals surface area contributed by atoms with Gasteiger partial charge in [0.05, 0.1) is 11.9 Å². The molecule has 1 N–H and O–H groups in total. The van der Waals surface area contributed by atoms with Gasteiger partial charge in [0.15, 0.2) is 5.65 Å². The predicted octanol–water partition coefficient (Wildman–Crippen LogP) is 6.46. The van der Waals surface area contributed by atoms with Gasteiger partial charge in [-0.2, -0.15) is 0 Å². The average Bonchev–Trinajstić information content (AvgIpc) is 3.05. The molecule has 2 aromatic heterocycles. The Labute approximate surface area is 172 Å². The van der Waals surface area contributed by atoms with Crippen molar-refractivity contribution in [1.29, 1.82) is 0 Å². The fourth-order valence-corrected chi connectivity index (χ4v) is 4.57. The minimum atomic E-state index is 0.426. The molecule has 0 bridgehead atoms. The predicted molar refractivity (Wildman–Crippen MR) is 117 cm³/mol. The number of halogens is 1. The Morgan fingerprint density at radius 3 is 2.61 bits per heavy atom. The van der Waals surface area contributed by atoms with E-state index in [1.807, 2.05) is 47.1 Å². The van der Waals surface area contributed by atoms with Crippen LogP contribution < -0.4 is 5.32 Å². The molecule has 28 heavy (non-hydrogen) atoms. The summed E-state index contributed by atoms with van der Waals surface area (Å²) in [5.41, 5.74) is 3.24. The zero-order valence-corrected chi connectivity index (χ0v) is 17.7. The minimum absolute atomic E-state index is 0.426. The van der Waals surface area contributed by atoms with Crippen LogP contribution in [0.5, 0.6) is 0 Å². The maximum absolute atomic E-state index is 6.16. The molecular formula is C23H29ClN4. The van der Waals surface area contributed by atoms with Crippen molar-refractivity contribution in [3.63, 3.8) is 0 Å². The van der Waals surface area contributed by atoms with Gasteiger partial charge < -0.3 is 5.32 Å². The minimum Gasteiger partial charge on any atom is -0.366 e. The molecule has 1 saturated carbocycles. The summed E-state index contributed by atoms with van der Waals surface area (Å²) in [5.74, 6) is 1.77. The molecule has 0 unspecified atom stereocenters. The molecule has 0 atom stereocenters. The maximum atomic E-state index is 6.16. The molecule has 148 valence electrons. The number of rotatable bonds is 4. The lowest BCUT2D eigenvalue weighted by Crippen LogP contribution is -2.28. The van der Waals surface area contributed by atoms with Crippen molar-refractivity contribution < 1.29 is 0 Å². The van der Waals surface area contributed by atoms with Crippen LogP contribution >= 0.6 is 11.6 Å². The SMILES string of the molecule is CC(C)(C)CC1CCC(Nc2ccc3ncc(-c4cccc(Cl)c4)n3n2)CC1. The van der Waals surface area contributed by atoms with Gasteiger partial charge in [-0.05, 0) is 67.7 Å². The van der Waals surface area contributed by atoms with Crippen molar-refractivity contribution in [2.45, 2.75) is 58.9 Å². The Hall–Kier alpha value is -2.07. The number of imidazole rings is 1. The molecule has 3 aromatic rings. The van der Waals surface area contributed by atoms with E-state index in [2.05, 4.69) is 31.1 Å².